The van der Waals surface area contributed by atoms with E-state index in [1.165, 1.54) is 36.1 Å². The number of aromatic nitrogens is 2. The first-order valence-electron chi connectivity index (χ1n) is 10.9. The van der Waals surface area contributed by atoms with Crippen molar-refractivity contribution in [3.63, 3.8) is 0 Å². The Morgan fingerprint density at radius 2 is 1.97 bits per heavy atom. The second-order valence-corrected chi connectivity index (χ2v) is 8.47. The maximum Gasteiger partial charge on any atom is 0.334 e. The highest BCUT2D eigenvalue weighted by atomic mass is 19.1. The molecule has 1 unspecified atom stereocenters. The lowest BCUT2D eigenvalue weighted by molar-refractivity contribution is -0.158. The number of benzene rings is 2. The van der Waals surface area contributed by atoms with E-state index in [0.717, 1.165) is 16.9 Å². The van der Waals surface area contributed by atoms with Crippen LogP contribution in [0, 0.1) is 12.7 Å². The van der Waals surface area contributed by atoms with Gasteiger partial charge in [-0.15, -0.1) is 0 Å². The largest absolute Gasteiger partial charge is 0.495 e. The SMILES string of the molecule is COc1cc(C=C2CCCN(C(C)(C(=O)O)c3ccc(F)cc3)C2=O)ccc1-n1cnc(C)c1. The molecule has 0 spiro atoms. The third kappa shape index (κ3) is 4.19. The van der Waals surface area contributed by atoms with Gasteiger partial charge in [-0.05, 0) is 68.2 Å². The molecule has 1 aliphatic heterocycles. The van der Waals surface area contributed by atoms with E-state index in [0.29, 0.717) is 36.3 Å². The minimum absolute atomic E-state index is 0.290. The lowest BCUT2D eigenvalue weighted by Crippen LogP contribution is -2.55. The molecule has 3 aromatic rings. The summed E-state index contributed by atoms with van der Waals surface area (Å²) in [4.78, 5) is 31.4. The molecular weight excluding hydrogens is 437 g/mol. The quantitative estimate of drug-likeness (QED) is 0.550. The number of carboxylic acid groups (broad SMARTS) is 1. The van der Waals surface area contributed by atoms with E-state index in [4.69, 9.17) is 4.74 Å². The molecule has 0 bridgehead atoms. The molecule has 1 atom stereocenters. The van der Waals surface area contributed by atoms with E-state index in [1.54, 1.807) is 19.5 Å². The number of carbonyl (C=O) groups excluding carboxylic acids is 1. The van der Waals surface area contributed by atoms with Crippen molar-refractivity contribution in [1.29, 1.82) is 0 Å². The molecule has 4 rings (SSSR count). The van der Waals surface area contributed by atoms with Crippen molar-refractivity contribution in [3.8, 4) is 11.4 Å². The zero-order valence-electron chi connectivity index (χ0n) is 19.3. The average Bonchev–Trinajstić information content (AvgIpc) is 3.26. The van der Waals surface area contributed by atoms with Gasteiger partial charge in [-0.25, -0.2) is 14.2 Å². The highest BCUT2D eigenvalue weighted by Crippen LogP contribution is 2.35. The summed E-state index contributed by atoms with van der Waals surface area (Å²) in [6, 6.07) is 10.8. The molecule has 34 heavy (non-hydrogen) atoms. The van der Waals surface area contributed by atoms with Gasteiger partial charge in [0.15, 0.2) is 5.54 Å². The number of methoxy groups -OCH3 is 1. The first-order valence-corrected chi connectivity index (χ1v) is 10.9. The number of halogens is 1. The van der Waals surface area contributed by atoms with E-state index in [9.17, 15) is 19.1 Å². The van der Waals surface area contributed by atoms with Gasteiger partial charge in [-0.1, -0.05) is 18.2 Å². The summed E-state index contributed by atoms with van der Waals surface area (Å²) in [7, 11) is 1.58. The van der Waals surface area contributed by atoms with Gasteiger partial charge in [0.25, 0.3) is 5.91 Å². The van der Waals surface area contributed by atoms with Crippen LogP contribution in [0.25, 0.3) is 11.8 Å². The number of ether oxygens (including phenoxy) is 1. The number of imidazole rings is 1. The summed E-state index contributed by atoms with van der Waals surface area (Å²) in [5.74, 6) is -1.37. The Morgan fingerprint density at radius 1 is 1.24 bits per heavy atom. The van der Waals surface area contributed by atoms with E-state index < -0.39 is 17.3 Å². The molecule has 1 aromatic heterocycles. The Morgan fingerprint density at radius 3 is 2.59 bits per heavy atom. The van der Waals surface area contributed by atoms with Crippen molar-refractivity contribution in [2.75, 3.05) is 13.7 Å². The van der Waals surface area contributed by atoms with E-state index in [2.05, 4.69) is 4.98 Å². The molecule has 1 amide bonds. The van der Waals surface area contributed by atoms with Crippen LogP contribution in [-0.2, 0) is 15.1 Å². The summed E-state index contributed by atoms with van der Waals surface area (Å²) >= 11 is 0. The summed E-state index contributed by atoms with van der Waals surface area (Å²) in [6.45, 7) is 3.67. The van der Waals surface area contributed by atoms with E-state index in [-0.39, 0.29) is 5.91 Å². The highest BCUT2D eigenvalue weighted by Gasteiger charge is 2.45. The van der Waals surface area contributed by atoms with Gasteiger partial charge < -0.3 is 19.3 Å². The van der Waals surface area contributed by atoms with Gasteiger partial charge in [0, 0.05) is 18.3 Å². The summed E-state index contributed by atoms with van der Waals surface area (Å²) in [5.41, 5.74) is 1.69. The minimum Gasteiger partial charge on any atom is -0.495 e. The Balaban J connectivity index is 1.68. The Labute approximate surface area is 197 Å². The number of hydrogen-bond donors (Lipinski definition) is 1. The maximum atomic E-state index is 13.4. The monoisotopic (exact) mass is 463 g/mol. The van der Waals surface area contributed by atoms with E-state index in [1.807, 2.05) is 35.9 Å². The number of hydrogen-bond acceptors (Lipinski definition) is 4. The topological polar surface area (TPSA) is 84.7 Å². The van der Waals surface area contributed by atoms with Crippen LogP contribution in [0.15, 0.2) is 60.6 Å². The number of carbonyl (C=O) groups is 2. The van der Waals surface area contributed by atoms with Gasteiger partial charge in [-0.2, -0.15) is 0 Å². The minimum atomic E-state index is -1.62. The average molecular weight is 464 g/mol. The number of rotatable bonds is 6. The van der Waals surface area contributed by atoms with Crippen molar-refractivity contribution >= 4 is 18.0 Å². The maximum absolute atomic E-state index is 13.4. The molecule has 0 radical (unpaired) electrons. The molecule has 0 aliphatic carbocycles. The van der Waals surface area contributed by atoms with Gasteiger partial charge in [0.05, 0.1) is 24.8 Å². The zero-order valence-corrected chi connectivity index (χ0v) is 19.3. The zero-order chi connectivity index (χ0) is 24.5. The Bertz CT molecular complexity index is 1270. The fraction of sp³-hybridized carbons (Fsp3) is 0.269. The normalized spacial score (nSPS) is 17.0. The fourth-order valence-corrected chi connectivity index (χ4v) is 4.29. The van der Waals surface area contributed by atoms with Gasteiger partial charge in [0.1, 0.15) is 11.6 Å². The van der Waals surface area contributed by atoms with Crippen molar-refractivity contribution in [3.05, 3.63) is 83.2 Å². The third-order valence-electron chi connectivity index (χ3n) is 6.24. The number of amides is 1. The van der Waals surface area contributed by atoms with Crippen LogP contribution in [0.1, 0.15) is 36.6 Å². The van der Waals surface area contributed by atoms with Crippen molar-refractivity contribution < 1.29 is 23.8 Å². The second kappa shape index (κ2) is 9.13. The summed E-state index contributed by atoms with van der Waals surface area (Å²) < 4.78 is 20.9. The fourth-order valence-electron chi connectivity index (χ4n) is 4.29. The molecule has 1 saturated heterocycles. The standard InChI is InChI=1S/C26H26FN3O4/c1-17-15-29(16-28-17)22-11-6-18(14-23(22)34-3)13-19-5-4-12-30(24(19)31)26(2,25(32)33)20-7-9-21(27)10-8-20/h6-11,13-16H,4-5,12H2,1-3H3,(H,32,33). The van der Waals surface area contributed by atoms with Gasteiger partial charge >= 0.3 is 5.97 Å². The number of nitrogens with zero attached hydrogens (tertiary/aromatic N) is 3. The third-order valence-corrected chi connectivity index (χ3v) is 6.24. The second-order valence-electron chi connectivity index (χ2n) is 8.47. The molecular formula is C26H26FN3O4. The van der Waals surface area contributed by atoms with Crippen molar-refractivity contribution in [1.82, 2.24) is 14.5 Å². The first kappa shape index (κ1) is 23.2. The van der Waals surface area contributed by atoms with E-state index >= 15 is 0 Å². The molecule has 0 saturated carbocycles. The molecule has 2 aromatic carbocycles. The first-order chi connectivity index (χ1) is 16.2. The number of aryl methyl sites for hydroxylation is 1. The lowest BCUT2D eigenvalue weighted by atomic mass is 9.86. The van der Waals surface area contributed by atoms with Gasteiger partial charge in [-0.3, -0.25) is 4.79 Å². The van der Waals surface area contributed by atoms with Crippen molar-refractivity contribution in [2.24, 2.45) is 0 Å². The van der Waals surface area contributed by atoms with Crippen LogP contribution in [-0.4, -0.2) is 45.1 Å². The number of aliphatic carboxylic acids is 1. The number of likely N-dealkylation sites (tertiary alicyclic amines) is 1. The molecule has 7 nitrogen and oxygen atoms in total. The molecule has 1 aliphatic rings. The van der Waals surface area contributed by atoms with Crippen LogP contribution in [0.4, 0.5) is 4.39 Å². The van der Waals surface area contributed by atoms with Crippen LogP contribution < -0.4 is 4.74 Å². The predicted molar refractivity (Wildman–Crippen MR) is 125 cm³/mol. The number of carboxylic acids is 1. The predicted octanol–water partition coefficient (Wildman–Crippen LogP) is 4.33. The lowest BCUT2D eigenvalue weighted by Gasteiger charge is -2.41. The van der Waals surface area contributed by atoms with Gasteiger partial charge in [0.2, 0.25) is 0 Å². The molecule has 1 N–H and O–H groups in total. The molecule has 1 fully saturated rings. The smallest absolute Gasteiger partial charge is 0.334 e. The Hall–Kier alpha value is -3.94. The molecule has 8 heteroatoms. The van der Waals surface area contributed by atoms with Crippen molar-refractivity contribution in [2.45, 2.75) is 32.2 Å². The van der Waals surface area contributed by atoms with Crippen LogP contribution >= 0.6 is 0 Å². The summed E-state index contributed by atoms with van der Waals surface area (Å²) in [5, 5.41) is 10.1. The highest BCUT2D eigenvalue weighted by molar-refractivity contribution is 6.01. The van der Waals surface area contributed by atoms with Crippen LogP contribution in [0.2, 0.25) is 0 Å². The number of piperidine rings is 1. The summed E-state index contributed by atoms with van der Waals surface area (Å²) in [6.07, 6.45) is 6.51. The molecule has 2 heterocycles. The van der Waals surface area contributed by atoms with Crippen LogP contribution in [0.3, 0.4) is 0 Å². The van der Waals surface area contributed by atoms with Crippen LogP contribution in [0.5, 0.6) is 5.75 Å². The Kier molecular flexibility index (Phi) is 6.24. The molecule has 176 valence electrons.